The Hall–Kier alpha value is -1.34. The van der Waals surface area contributed by atoms with Crippen molar-refractivity contribution in [1.29, 1.82) is 0 Å². The highest BCUT2D eigenvalue weighted by Gasteiger charge is 2.58. The molecule has 0 aromatic carbocycles. The summed E-state index contributed by atoms with van der Waals surface area (Å²) in [6.45, 7) is 9.79. The molecule has 1 saturated carbocycles. The molecule has 4 rings (SSSR count). The first-order chi connectivity index (χ1) is 16.2. The van der Waals surface area contributed by atoms with Crippen LogP contribution in [0.1, 0.15) is 105 Å². The zero-order valence-corrected chi connectivity index (χ0v) is 21.8. The Balaban J connectivity index is 1.49. The fourth-order valence-electron chi connectivity index (χ4n) is 6.34. The second kappa shape index (κ2) is 10.7. The van der Waals surface area contributed by atoms with E-state index in [0.717, 1.165) is 57.8 Å². The van der Waals surface area contributed by atoms with Gasteiger partial charge in [-0.15, -0.1) is 0 Å². The molecule has 0 aromatic rings. The summed E-state index contributed by atoms with van der Waals surface area (Å²) in [5, 5.41) is 3.30. The van der Waals surface area contributed by atoms with E-state index in [1.807, 2.05) is 0 Å². The van der Waals surface area contributed by atoms with Gasteiger partial charge in [-0.25, -0.2) is 0 Å². The second-order valence-corrected chi connectivity index (χ2v) is 12.0. The van der Waals surface area contributed by atoms with Crippen LogP contribution >= 0.6 is 0 Å². The molecule has 3 aliphatic heterocycles. The molecule has 7 heteroatoms. The second-order valence-electron chi connectivity index (χ2n) is 12.0. The predicted molar refractivity (Wildman–Crippen MR) is 135 cm³/mol. The average Bonchev–Trinajstić information content (AvgIpc) is 3.42. The predicted octanol–water partition coefficient (Wildman–Crippen LogP) is 4.81. The molecule has 1 aliphatic carbocycles. The minimum absolute atomic E-state index is 0.0369. The summed E-state index contributed by atoms with van der Waals surface area (Å²) in [6, 6.07) is -0.371. The zero-order valence-electron chi connectivity index (χ0n) is 21.8. The lowest BCUT2D eigenvalue weighted by molar-refractivity contribution is -0.138. The van der Waals surface area contributed by atoms with Gasteiger partial charge in [0.15, 0.2) is 0 Å². The molecule has 2 amide bonds. The lowest BCUT2D eigenvalue weighted by atomic mass is 9.63. The van der Waals surface area contributed by atoms with Gasteiger partial charge in [0.05, 0.1) is 17.6 Å². The van der Waals surface area contributed by atoms with Crippen molar-refractivity contribution in [3.05, 3.63) is 12.2 Å². The molecule has 5 atom stereocenters. The van der Waals surface area contributed by atoms with Gasteiger partial charge in [-0.3, -0.25) is 9.59 Å². The minimum Gasteiger partial charge on any atom is -0.404 e. The van der Waals surface area contributed by atoms with E-state index in [9.17, 15) is 9.59 Å². The maximum Gasteiger partial charge on any atom is 0.481 e. The van der Waals surface area contributed by atoms with Crippen LogP contribution in [0.15, 0.2) is 12.2 Å². The highest BCUT2D eigenvalue weighted by Crippen LogP contribution is 2.50. The van der Waals surface area contributed by atoms with Crippen LogP contribution in [0.25, 0.3) is 0 Å². The van der Waals surface area contributed by atoms with Gasteiger partial charge in [0.1, 0.15) is 6.04 Å². The van der Waals surface area contributed by atoms with E-state index in [4.69, 9.17) is 9.31 Å². The quantitative estimate of drug-likeness (QED) is 0.439. The largest absolute Gasteiger partial charge is 0.481 e. The Morgan fingerprint density at radius 3 is 2.59 bits per heavy atom. The van der Waals surface area contributed by atoms with Crippen LogP contribution in [0.3, 0.4) is 0 Å². The Morgan fingerprint density at radius 1 is 1.00 bits per heavy atom. The van der Waals surface area contributed by atoms with Crippen LogP contribution in [-0.4, -0.2) is 54.1 Å². The monoisotopic (exact) mass is 472 g/mol. The standard InChI is InChI=1S/C27H45BN2O4/c1-20-24-27(4,18-17-26(20,2)3)34-28(33-24)22-15-11-9-7-5-6-8-10-12-16-23(31)30-19-13-14-21(30)25(32)29-22/h8,10,20-22,24H,5-7,9,11-19H2,1-4H3,(H,29,32)/b10-8+/t20-,21?,22-,24+,27-/m0/s1. The van der Waals surface area contributed by atoms with Crippen molar-refractivity contribution in [2.75, 3.05) is 6.54 Å². The van der Waals surface area contributed by atoms with Crippen molar-refractivity contribution >= 4 is 18.9 Å². The molecular weight excluding hydrogens is 427 g/mol. The van der Waals surface area contributed by atoms with Crippen LogP contribution in [0, 0.1) is 11.3 Å². The van der Waals surface area contributed by atoms with Crippen molar-refractivity contribution in [3.63, 3.8) is 0 Å². The molecule has 6 nitrogen and oxygen atoms in total. The number of allylic oxidation sites excluding steroid dienone is 2. The summed E-state index contributed by atoms with van der Waals surface area (Å²) >= 11 is 0. The van der Waals surface area contributed by atoms with E-state index < -0.39 is 7.12 Å². The number of carbonyl (C=O) groups excluding carboxylic acids is 2. The third-order valence-corrected chi connectivity index (χ3v) is 9.08. The lowest BCUT2D eigenvalue weighted by Gasteiger charge is -2.47. The highest BCUT2D eigenvalue weighted by atomic mass is 16.7. The summed E-state index contributed by atoms with van der Waals surface area (Å²) in [4.78, 5) is 28.1. The van der Waals surface area contributed by atoms with Crippen molar-refractivity contribution in [3.8, 4) is 0 Å². The summed E-state index contributed by atoms with van der Waals surface area (Å²) in [6.07, 6.45) is 15.8. The van der Waals surface area contributed by atoms with E-state index in [-0.39, 0.29) is 40.9 Å². The maximum absolute atomic E-state index is 13.4. The van der Waals surface area contributed by atoms with Crippen molar-refractivity contribution in [1.82, 2.24) is 10.2 Å². The van der Waals surface area contributed by atoms with Crippen LogP contribution in [0.2, 0.25) is 0 Å². The zero-order chi connectivity index (χ0) is 24.3. The van der Waals surface area contributed by atoms with Gasteiger partial charge in [-0.05, 0) is 69.6 Å². The normalized spacial score (nSPS) is 38.8. The van der Waals surface area contributed by atoms with E-state index in [1.54, 1.807) is 4.90 Å². The number of fused-ring (bicyclic) bond motifs is 2. The van der Waals surface area contributed by atoms with Crippen molar-refractivity contribution in [2.45, 2.75) is 128 Å². The van der Waals surface area contributed by atoms with E-state index in [0.29, 0.717) is 18.9 Å². The Labute approximate surface area is 206 Å². The number of nitrogens with zero attached hydrogens (tertiary/aromatic N) is 1. The molecule has 0 radical (unpaired) electrons. The number of hydrogen-bond acceptors (Lipinski definition) is 4. The molecule has 0 bridgehead atoms. The van der Waals surface area contributed by atoms with Gasteiger partial charge in [0, 0.05) is 13.0 Å². The molecule has 1 unspecified atom stereocenters. The lowest BCUT2D eigenvalue weighted by Crippen LogP contribution is -2.54. The fraction of sp³-hybridized carbons (Fsp3) is 0.852. The number of rotatable bonds is 1. The molecule has 34 heavy (non-hydrogen) atoms. The fourth-order valence-corrected chi connectivity index (χ4v) is 6.34. The number of amides is 2. The summed E-state index contributed by atoms with van der Waals surface area (Å²) < 4.78 is 13.2. The first-order valence-corrected chi connectivity index (χ1v) is 13.8. The van der Waals surface area contributed by atoms with Crippen LogP contribution < -0.4 is 5.32 Å². The molecule has 3 heterocycles. The molecule has 0 spiro atoms. The van der Waals surface area contributed by atoms with Crippen molar-refractivity contribution < 1.29 is 18.9 Å². The first kappa shape index (κ1) is 25.7. The van der Waals surface area contributed by atoms with Gasteiger partial charge in [-0.2, -0.15) is 0 Å². The smallest absolute Gasteiger partial charge is 0.404 e. The average molecular weight is 472 g/mol. The Bertz CT molecular complexity index is 772. The Kier molecular flexibility index (Phi) is 8.13. The maximum atomic E-state index is 13.4. The first-order valence-electron chi connectivity index (χ1n) is 13.8. The van der Waals surface area contributed by atoms with E-state index in [2.05, 4.69) is 45.2 Å². The third-order valence-electron chi connectivity index (χ3n) is 9.08. The minimum atomic E-state index is -0.428. The number of nitrogens with one attached hydrogen (secondary N) is 1. The molecule has 190 valence electrons. The summed E-state index contributed by atoms with van der Waals surface area (Å²) in [7, 11) is -0.428. The van der Waals surface area contributed by atoms with Gasteiger partial charge >= 0.3 is 7.12 Å². The van der Waals surface area contributed by atoms with Gasteiger partial charge in [-0.1, -0.05) is 52.2 Å². The molecule has 1 N–H and O–H groups in total. The molecule has 0 aromatic heterocycles. The summed E-state index contributed by atoms with van der Waals surface area (Å²) in [5.41, 5.74) is -0.0907. The van der Waals surface area contributed by atoms with E-state index in [1.165, 1.54) is 12.8 Å². The third kappa shape index (κ3) is 5.56. The number of hydrogen-bond donors (Lipinski definition) is 1. The van der Waals surface area contributed by atoms with E-state index >= 15 is 0 Å². The SMILES string of the molecule is C[C@H]1[C@H]2OB([C@@H]3CCCCCC/C=C/CCC(=O)N4CCCC4C(=O)N3)O[C@@]2(C)CCC1(C)C. The van der Waals surface area contributed by atoms with Gasteiger partial charge in [0.25, 0.3) is 0 Å². The van der Waals surface area contributed by atoms with Crippen LogP contribution in [0.5, 0.6) is 0 Å². The van der Waals surface area contributed by atoms with Gasteiger partial charge in [0.2, 0.25) is 11.8 Å². The van der Waals surface area contributed by atoms with Crippen LogP contribution in [0.4, 0.5) is 0 Å². The van der Waals surface area contributed by atoms with Gasteiger partial charge < -0.3 is 19.5 Å². The summed E-state index contributed by atoms with van der Waals surface area (Å²) in [5.74, 6) is 0.248. The van der Waals surface area contributed by atoms with Crippen molar-refractivity contribution in [2.24, 2.45) is 11.3 Å². The van der Waals surface area contributed by atoms with Crippen LogP contribution in [-0.2, 0) is 18.9 Å². The molecule has 4 aliphatic rings. The Morgan fingerprint density at radius 2 is 1.76 bits per heavy atom. The topological polar surface area (TPSA) is 67.9 Å². The molecular formula is C27H45BN2O4. The highest BCUT2D eigenvalue weighted by molar-refractivity contribution is 6.47. The molecule has 2 saturated heterocycles. The molecule has 3 fully saturated rings. The number of carbonyl (C=O) groups is 2.